The Kier molecular flexibility index (Phi) is 10.1. The summed E-state index contributed by atoms with van der Waals surface area (Å²) in [7, 11) is 0.361. The van der Waals surface area contributed by atoms with Gasteiger partial charge in [-0.1, -0.05) is 25.7 Å². The molecule has 1 atom stereocenters. The number of aromatic nitrogens is 1. The maximum Gasteiger partial charge on any atom is 0.417 e. The number of anilines is 2. The summed E-state index contributed by atoms with van der Waals surface area (Å²) in [5.74, 6) is -3.66. The third-order valence-corrected chi connectivity index (χ3v) is 9.77. The Morgan fingerprint density at radius 1 is 1.16 bits per heavy atom. The van der Waals surface area contributed by atoms with Crippen molar-refractivity contribution in [1.29, 1.82) is 0 Å². The van der Waals surface area contributed by atoms with E-state index < -0.39 is 60.3 Å². The van der Waals surface area contributed by atoms with Crippen molar-refractivity contribution in [3.63, 3.8) is 0 Å². The lowest BCUT2D eigenvalue weighted by Gasteiger charge is -2.40. The number of carbonyl (C=O) groups excluding carboxylic acids is 1. The first-order chi connectivity index (χ1) is 21.0. The summed E-state index contributed by atoms with van der Waals surface area (Å²) in [6.07, 6.45) is -4.02. The zero-order valence-electron chi connectivity index (χ0n) is 25.9. The highest BCUT2D eigenvalue weighted by atomic mass is 28.3. The lowest BCUT2D eigenvalue weighted by Crippen LogP contribution is -2.50. The number of hydrogen-bond donors (Lipinski definition) is 2. The van der Waals surface area contributed by atoms with Gasteiger partial charge in [0, 0.05) is 65.2 Å². The summed E-state index contributed by atoms with van der Waals surface area (Å²) >= 11 is 0. The van der Waals surface area contributed by atoms with Gasteiger partial charge in [-0.2, -0.15) is 13.2 Å². The normalized spacial score (nSPS) is 18.1. The Hall–Kier alpha value is -3.72. The molecule has 1 saturated heterocycles. The van der Waals surface area contributed by atoms with E-state index in [1.165, 1.54) is 6.08 Å². The van der Waals surface area contributed by atoms with Crippen LogP contribution in [0.3, 0.4) is 0 Å². The van der Waals surface area contributed by atoms with Crippen molar-refractivity contribution in [1.82, 2.24) is 14.8 Å². The molecule has 9 nitrogen and oxygen atoms in total. The minimum atomic E-state index is -4.96. The number of likely N-dealkylation sites (N-methyl/N-ethyl adjacent to an activating group) is 1. The number of hydrogen-bond acceptors (Lipinski definition) is 6. The van der Waals surface area contributed by atoms with Crippen LogP contribution in [0.2, 0.25) is 25.7 Å². The number of ether oxygens (including phenoxy) is 1. The molecule has 45 heavy (non-hydrogen) atoms. The molecular weight excluding hydrogens is 617 g/mol. The van der Waals surface area contributed by atoms with Crippen LogP contribution in [0.5, 0.6) is 5.88 Å². The second-order valence-corrected chi connectivity index (χ2v) is 18.2. The molecule has 15 heteroatoms. The highest BCUT2D eigenvalue weighted by Gasteiger charge is 2.37. The average molecular weight is 656 g/mol. The van der Waals surface area contributed by atoms with Crippen molar-refractivity contribution in [2.75, 3.05) is 56.6 Å². The Bertz CT molecular complexity index is 1480. The highest BCUT2D eigenvalue weighted by molar-refractivity contribution is 6.76. The van der Waals surface area contributed by atoms with Gasteiger partial charge in [0.25, 0.3) is 5.91 Å². The Morgan fingerprint density at radius 2 is 1.87 bits per heavy atom. The summed E-state index contributed by atoms with van der Waals surface area (Å²) < 4.78 is 80.0. The van der Waals surface area contributed by atoms with Crippen LogP contribution in [-0.4, -0.2) is 92.4 Å². The van der Waals surface area contributed by atoms with E-state index >= 15 is 8.78 Å². The molecule has 0 radical (unpaired) electrons. The molecule has 0 bridgehead atoms. The fraction of sp³-hybridized carbons (Fsp3) is 0.500. The fourth-order valence-corrected chi connectivity index (χ4v) is 5.89. The topological polar surface area (TPSA) is 98.2 Å². The van der Waals surface area contributed by atoms with Gasteiger partial charge in [-0.25, -0.2) is 18.6 Å². The fourth-order valence-electron chi connectivity index (χ4n) is 5.18. The number of nitrogens with zero attached hydrogens (tertiary/aromatic N) is 4. The van der Waals surface area contributed by atoms with Crippen molar-refractivity contribution in [2.45, 2.75) is 51.2 Å². The molecule has 2 aliphatic heterocycles. The van der Waals surface area contributed by atoms with Crippen molar-refractivity contribution < 1.29 is 41.4 Å². The molecule has 2 amide bonds. The smallest absolute Gasteiger partial charge is 0.417 e. The van der Waals surface area contributed by atoms with E-state index in [1.807, 2.05) is 18.9 Å². The Morgan fingerprint density at radius 3 is 2.44 bits per heavy atom. The van der Waals surface area contributed by atoms with E-state index in [4.69, 9.17) is 4.74 Å². The SMILES string of the molecule is C[C@H]1CN(c2cc(F)c(C3=CCN(C(=O)O)CC3)c(F)c2NC(=O)c2cnc(OCC[Si](C)(C)C)cc2C(F)(F)F)CCN1C. The van der Waals surface area contributed by atoms with Gasteiger partial charge < -0.3 is 29.9 Å². The Balaban J connectivity index is 1.74. The molecule has 0 saturated carbocycles. The number of carbonyl (C=O) groups is 2. The quantitative estimate of drug-likeness (QED) is 0.256. The first kappa shape index (κ1) is 34.2. The molecule has 4 rings (SSSR count). The van der Waals surface area contributed by atoms with Crippen molar-refractivity contribution >= 4 is 37.0 Å². The number of nitrogens with one attached hydrogen (secondary N) is 1. The second-order valence-electron chi connectivity index (χ2n) is 12.6. The molecule has 0 aliphatic carbocycles. The summed E-state index contributed by atoms with van der Waals surface area (Å²) in [5, 5.41) is 11.6. The second kappa shape index (κ2) is 13.3. The third-order valence-electron chi connectivity index (χ3n) is 8.07. The van der Waals surface area contributed by atoms with Gasteiger partial charge in [-0.15, -0.1) is 0 Å². The molecule has 0 unspecified atom stereocenters. The summed E-state index contributed by atoms with van der Waals surface area (Å²) in [4.78, 5) is 33.5. The van der Waals surface area contributed by atoms with E-state index in [9.17, 15) is 27.9 Å². The largest absolute Gasteiger partial charge is 0.478 e. The summed E-state index contributed by atoms with van der Waals surface area (Å²) in [5.41, 5.74) is -2.93. The van der Waals surface area contributed by atoms with Crippen LogP contribution in [0.15, 0.2) is 24.4 Å². The van der Waals surface area contributed by atoms with Crippen LogP contribution >= 0.6 is 0 Å². The van der Waals surface area contributed by atoms with Gasteiger partial charge in [0.1, 0.15) is 11.5 Å². The molecule has 3 heterocycles. The summed E-state index contributed by atoms with van der Waals surface area (Å²) in [6.45, 7) is 9.47. The van der Waals surface area contributed by atoms with Gasteiger partial charge in [-0.05, 0) is 32.0 Å². The van der Waals surface area contributed by atoms with Crippen LogP contribution in [0.1, 0.15) is 34.8 Å². The highest BCUT2D eigenvalue weighted by Crippen LogP contribution is 2.40. The zero-order valence-corrected chi connectivity index (χ0v) is 26.9. The van der Waals surface area contributed by atoms with Crippen molar-refractivity contribution in [3.05, 3.63) is 52.7 Å². The zero-order chi connectivity index (χ0) is 33.3. The molecule has 2 N–H and O–H groups in total. The van der Waals surface area contributed by atoms with Crippen LogP contribution in [0.25, 0.3) is 5.57 Å². The lowest BCUT2D eigenvalue weighted by atomic mass is 9.96. The van der Waals surface area contributed by atoms with Crippen molar-refractivity contribution in [2.24, 2.45) is 0 Å². The molecule has 2 aliphatic rings. The van der Waals surface area contributed by atoms with Crippen LogP contribution in [0, 0.1) is 11.6 Å². The third kappa shape index (κ3) is 8.11. The van der Waals surface area contributed by atoms with E-state index in [2.05, 4.69) is 29.9 Å². The number of carboxylic acid groups (broad SMARTS) is 1. The monoisotopic (exact) mass is 655 g/mol. The molecule has 1 aromatic heterocycles. The van der Waals surface area contributed by atoms with Crippen LogP contribution in [-0.2, 0) is 6.18 Å². The number of rotatable bonds is 8. The van der Waals surface area contributed by atoms with E-state index in [-0.39, 0.29) is 49.3 Å². The average Bonchev–Trinajstić information content (AvgIpc) is 2.95. The van der Waals surface area contributed by atoms with E-state index in [0.29, 0.717) is 31.7 Å². The molecule has 246 valence electrons. The maximum atomic E-state index is 16.4. The number of benzene rings is 1. The number of alkyl halides is 3. The molecular formula is C30H38F5N5O4Si. The Labute approximate surface area is 259 Å². The number of halogens is 5. The maximum absolute atomic E-state index is 16.4. The number of amides is 2. The van der Waals surface area contributed by atoms with Crippen molar-refractivity contribution in [3.8, 4) is 5.88 Å². The predicted molar refractivity (Wildman–Crippen MR) is 164 cm³/mol. The van der Waals surface area contributed by atoms with Gasteiger partial charge in [0.2, 0.25) is 5.88 Å². The first-order valence-corrected chi connectivity index (χ1v) is 18.3. The minimum absolute atomic E-state index is 0.000275. The molecule has 1 fully saturated rings. The lowest BCUT2D eigenvalue weighted by molar-refractivity contribution is -0.138. The standard InChI is InChI=1S/C30H38F5N5O4Si/c1-18-17-40(11-10-38(18)2)23-15-22(31)25(19-6-8-39(9-7-19)29(42)43)26(32)27(23)37-28(41)20-16-36-24(14-21(20)30(33,34)35)44-12-13-45(3,4)5/h6,14-16,18H,7-13,17H2,1-5H3,(H,37,41)(H,42,43)/t18-/m0/s1. The molecule has 0 spiro atoms. The van der Waals surface area contributed by atoms with Gasteiger partial charge in [0.05, 0.1) is 29.0 Å². The number of pyridine rings is 1. The number of piperazine rings is 1. The van der Waals surface area contributed by atoms with Crippen LogP contribution in [0.4, 0.5) is 38.1 Å². The molecule has 1 aromatic carbocycles. The van der Waals surface area contributed by atoms with E-state index in [0.717, 1.165) is 17.2 Å². The minimum Gasteiger partial charge on any atom is -0.478 e. The summed E-state index contributed by atoms with van der Waals surface area (Å²) in [6, 6.07) is 2.37. The van der Waals surface area contributed by atoms with Gasteiger partial charge in [0.15, 0.2) is 5.82 Å². The predicted octanol–water partition coefficient (Wildman–Crippen LogP) is 6.26. The van der Waals surface area contributed by atoms with Gasteiger partial charge in [-0.3, -0.25) is 4.79 Å². The van der Waals surface area contributed by atoms with Gasteiger partial charge >= 0.3 is 12.3 Å². The first-order valence-electron chi connectivity index (χ1n) is 14.6. The van der Waals surface area contributed by atoms with E-state index in [1.54, 1.807) is 4.90 Å². The van der Waals surface area contributed by atoms with Crippen LogP contribution < -0.4 is 15.0 Å². The molecule has 2 aromatic rings.